The van der Waals surface area contributed by atoms with E-state index in [0.717, 1.165) is 27.8 Å². The minimum atomic E-state index is -4.44. The number of pyridine rings is 2. The van der Waals surface area contributed by atoms with Crippen LogP contribution in [0.2, 0.25) is 0 Å². The van der Waals surface area contributed by atoms with Gasteiger partial charge in [0.1, 0.15) is 11.5 Å². The zero-order chi connectivity index (χ0) is 21.7. The van der Waals surface area contributed by atoms with Crippen LogP contribution in [0.3, 0.4) is 0 Å². The van der Waals surface area contributed by atoms with E-state index < -0.39 is 11.9 Å². The summed E-state index contributed by atoms with van der Waals surface area (Å²) in [6, 6.07) is 6.13. The molecule has 0 spiro atoms. The summed E-state index contributed by atoms with van der Waals surface area (Å²) in [4.78, 5) is 10.9. The van der Waals surface area contributed by atoms with Gasteiger partial charge in [0.2, 0.25) is 0 Å². The van der Waals surface area contributed by atoms with Crippen LogP contribution in [0.25, 0.3) is 12.7 Å². The molecule has 3 rings (SSSR count). The molecule has 2 N–H and O–H groups in total. The van der Waals surface area contributed by atoms with Crippen molar-refractivity contribution in [2.24, 2.45) is 0 Å². The van der Waals surface area contributed by atoms with E-state index in [9.17, 15) is 13.2 Å². The fourth-order valence-electron chi connectivity index (χ4n) is 2.81. The van der Waals surface area contributed by atoms with Gasteiger partial charge in [0.25, 0.3) is 0 Å². The number of hydrogen-bond donors (Lipinski definition) is 2. The second-order valence-electron chi connectivity index (χ2n) is 6.66. The highest BCUT2D eigenvalue weighted by molar-refractivity contribution is 6.33. The highest BCUT2D eigenvalue weighted by atomic mass is 35.5. The number of hydrogen-bond acceptors (Lipinski definition) is 3. The summed E-state index contributed by atoms with van der Waals surface area (Å²) in [5, 5.41) is 5.46. The summed E-state index contributed by atoms with van der Waals surface area (Å²) in [7, 11) is 0. The van der Waals surface area contributed by atoms with Crippen molar-refractivity contribution >= 4 is 30.1 Å². The van der Waals surface area contributed by atoms with Crippen LogP contribution in [0, 0.1) is 0 Å². The number of nitrogens with one attached hydrogen (secondary N) is 2. The molecule has 0 saturated carbocycles. The average molecular weight is 433 g/mol. The minimum absolute atomic E-state index is 0.321. The maximum Gasteiger partial charge on any atom is 0.433 e. The smallest absolute Gasteiger partial charge is 0.366 e. The van der Waals surface area contributed by atoms with Crippen LogP contribution in [-0.4, -0.2) is 15.0 Å². The fourth-order valence-corrected chi connectivity index (χ4v) is 2.92. The third kappa shape index (κ3) is 5.51. The SMILES string of the molecule is C=c1[nH]cc(Cc2ccc(NCc3ccc(C(F)(F)F)nc3)nc2)/c1=C/C(Cl)=C\C. The van der Waals surface area contributed by atoms with Gasteiger partial charge in [-0.15, -0.1) is 0 Å². The molecule has 0 amide bonds. The van der Waals surface area contributed by atoms with E-state index in [0.29, 0.717) is 29.4 Å². The van der Waals surface area contributed by atoms with E-state index >= 15 is 0 Å². The quantitative estimate of drug-likeness (QED) is 0.608. The van der Waals surface area contributed by atoms with Crippen molar-refractivity contribution in [2.75, 3.05) is 5.32 Å². The van der Waals surface area contributed by atoms with Crippen molar-refractivity contribution < 1.29 is 13.2 Å². The molecular weight excluding hydrogens is 413 g/mol. The van der Waals surface area contributed by atoms with Gasteiger partial charge in [0.05, 0.1) is 0 Å². The van der Waals surface area contributed by atoms with Gasteiger partial charge in [-0.3, -0.25) is 4.98 Å². The van der Waals surface area contributed by atoms with Gasteiger partial charge in [-0.05, 0) is 41.8 Å². The van der Waals surface area contributed by atoms with Crippen LogP contribution in [0.5, 0.6) is 0 Å². The number of rotatable bonds is 6. The monoisotopic (exact) mass is 432 g/mol. The predicted molar refractivity (Wildman–Crippen MR) is 113 cm³/mol. The summed E-state index contributed by atoms with van der Waals surface area (Å²) >= 11 is 6.12. The number of aromatic amines is 1. The maximum absolute atomic E-state index is 12.6. The first-order valence-electron chi connectivity index (χ1n) is 9.16. The zero-order valence-corrected chi connectivity index (χ0v) is 17.0. The molecule has 30 heavy (non-hydrogen) atoms. The normalized spacial score (nSPS) is 13.0. The third-order valence-corrected chi connectivity index (χ3v) is 4.79. The van der Waals surface area contributed by atoms with Crippen LogP contribution in [0.15, 0.2) is 54.0 Å². The van der Waals surface area contributed by atoms with Crippen LogP contribution >= 0.6 is 11.6 Å². The van der Waals surface area contributed by atoms with Crippen molar-refractivity contribution in [3.05, 3.63) is 86.9 Å². The number of aromatic nitrogens is 3. The second-order valence-corrected chi connectivity index (χ2v) is 7.09. The minimum Gasteiger partial charge on any atom is -0.366 e. The van der Waals surface area contributed by atoms with Gasteiger partial charge >= 0.3 is 6.18 Å². The molecule has 4 nitrogen and oxygen atoms in total. The number of allylic oxidation sites excluding steroid dienone is 2. The first-order valence-corrected chi connectivity index (χ1v) is 9.53. The van der Waals surface area contributed by atoms with E-state index in [4.69, 9.17) is 11.6 Å². The molecule has 0 unspecified atom stereocenters. The summed E-state index contributed by atoms with van der Waals surface area (Å²) in [6.45, 7) is 6.18. The molecule has 0 aliphatic heterocycles. The molecule has 3 aromatic rings. The molecule has 3 heterocycles. The van der Waals surface area contributed by atoms with Crippen molar-refractivity contribution in [3.8, 4) is 0 Å². The first-order chi connectivity index (χ1) is 14.3. The fraction of sp³-hybridized carbons (Fsp3) is 0.182. The lowest BCUT2D eigenvalue weighted by Gasteiger charge is -2.08. The maximum atomic E-state index is 12.6. The van der Waals surface area contributed by atoms with Gasteiger partial charge in [-0.25, -0.2) is 4.98 Å². The van der Waals surface area contributed by atoms with Gasteiger partial charge in [0, 0.05) is 47.2 Å². The van der Waals surface area contributed by atoms with Gasteiger partial charge < -0.3 is 10.3 Å². The predicted octanol–water partition coefficient (Wildman–Crippen LogP) is 4.36. The molecule has 8 heteroatoms. The molecule has 0 atom stereocenters. The van der Waals surface area contributed by atoms with Crippen LogP contribution in [0.1, 0.15) is 29.3 Å². The van der Waals surface area contributed by atoms with Crippen LogP contribution < -0.4 is 15.9 Å². The van der Waals surface area contributed by atoms with Crippen LogP contribution in [0.4, 0.5) is 19.0 Å². The zero-order valence-electron chi connectivity index (χ0n) is 16.2. The number of anilines is 1. The van der Waals surface area contributed by atoms with Crippen molar-refractivity contribution in [3.63, 3.8) is 0 Å². The molecule has 0 radical (unpaired) electrons. The van der Waals surface area contributed by atoms with E-state index in [2.05, 4.69) is 26.8 Å². The number of alkyl halides is 3. The topological polar surface area (TPSA) is 53.6 Å². The van der Waals surface area contributed by atoms with Crippen LogP contribution in [-0.2, 0) is 19.1 Å². The third-order valence-electron chi connectivity index (χ3n) is 4.46. The molecule has 0 aromatic carbocycles. The molecule has 0 saturated heterocycles. The number of nitrogens with zero attached hydrogens (tertiary/aromatic N) is 2. The van der Waals surface area contributed by atoms with E-state index in [-0.39, 0.29) is 0 Å². The van der Waals surface area contributed by atoms with E-state index in [1.807, 2.05) is 37.4 Å². The Hall–Kier alpha value is -3.06. The summed E-state index contributed by atoms with van der Waals surface area (Å²) in [5.41, 5.74) is 1.78. The lowest BCUT2D eigenvalue weighted by Crippen LogP contribution is -2.23. The highest BCUT2D eigenvalue weighted by Crippen LogP contribution is 2.27. The Morgan fingerprint density at radius 1 is 1.17 bits per heavy atom. The molecule has 156 valence electrons. The van der Waals surface area contributed by atoms with Gasteiger partial charge in [-0.2, -0.15) is 13.2 Å². The standard InChI is InChI=1S/C22H20ClF3N4/c1-3-18(23)9-19-14(2)27-13-17(19)8-15-5-7-21(29-10-15)30-12-16-4-6-20(28-11-16)22(24,25)26/h3-7,9-11,13,27H,2,8,12H2,1H3,(H,29,30)/b18-3+,19-9+. The lowest BCUT2D eigenvalue weighted by atomic mass is 10.1. The van der Waals surface area contributed by atoms with Gasteiger partial charge in [0.15, 0.2) is 0 Å². The summed E-state index contributed by atoms with van der Waals surface area (Å²) in [6.07, 6.45) is 4.76. The first kappa shape index (κ1) is 21.6. The summed E-state index contributed by atoms with van der Waals surface area (Å²) in [5.74, 6) is 0.620. The van der Waals surface area contributed by atoms with Crippen molar-refractivity contribution in [2.45, 2.75) is 26.1 Å². The molecule has 0 fully saturated rings. The molecular formula is C22H20ClF3N4. The molecule has 0 aliphatic rings. The number of halogens is 4. The lowest BCUT2D eigenvalue weighted by molar-refractivity contribution is -0.141. The van der Waals surface area contributed by atoms with Crippen molar-refractivity contribution in [1.29, 1.82) is 0 Å². The van der Waals surface area contributed by atoms with Crippen molar-refractivity contribution in [1.82, 2.24) is 15.0 Å². The second kappa shape index (κ2) is 9.17. The Morgan fingerprint density at radius 3 is 2.50 bits per heavy atom. The Kier molecular flexibility index (Phi) is 6.62. The highest BCUT2D eigenvalue weighted by Gasteiger charge is 2.31. The molecule has 0 aliphatic carbocycles. The largest absolute Gasteiger partial charge is 0.433 e. The Morgan fingerprint density at radius 2 is 1.90 bits per heavy atom. The molecule has 0 bridgehead atoms. The van der Waals surface area contributed by atoms with Gasteiger partial charge in [-0.1, -0.05) is 36.4 Å². The number of H-pyrrole nitrogens is 1. The Labute approximate surface area is 176 Å². The van der Waals surface area contributed by atoms with E-state index in [1.165, 1.54) is 12.3 Å². The van der Waals surface area contributed by atoms with E-state index in [1.54, 1.807) is 6.20 Å². The molecule has 3 aromatic heterocycles. The average Bonchev–Trinajstić information content (AvgIpc) is 3.06. The Bertz CT molecular complexity index is 1130. The Balaban J connectivity index is 1.65. The summed E-state index contributed by atoms with van der Waals surface area (Å²) < 4.78 is 37.7.